The maximum absolute atomic E-state index is 8.98. The monoisotopic (exact) mass is 317 g/mol. The molecule has 0 fully saturated rings. The van der Waals surface area contributed by atoms with Gasteiger partial charge in [0.15, 0.2) is 0 Å². The molecule has 16 heavy (non-hydrogen) atoms. The van der Waals surface area contributed by atoms with E-state index in [4.69, 9.17) is 28.5 Å². The van der Waals surface area contributed by atoms with E-state index in [9.17, 15) is 0 Å². The van der Waals surface area contributed by atoms with Crippen LogP contribution in [-0.2, 0) is 0 Å². The number of hydrogen-bond acceptors (Lipinski definition) is 1. The second-order valence-electron chi connectivity index (χ2n) is 3.28. The third-order valence-electron chi connectivity index (χ3n) is 2.07. The Morgan fingerprint density at radius 2 is 2.19 bits per heavy atom. The summed E-state index contributed by atoms with van der Waals surface area (Å²) in [5.41, 5.74) is 1.42. The summed E-state index contributed by atoms with van der Waals surface area (Å²) in [7, 11) is 0. The van der Waals surface area contributed by atoms with Crippen LogP contribution in [0, 0.1) is 11.3 Å². The van der Waals surface area contributed by atoms with Gasteiger partial charge in [0, 0.05) is 10.0 Å². The minimum absolute atomic E-state index is 0.502. The van der Waals surface area contributed by atoms with Gasteiger partial charge in [-0.2, -0.15) is 5.26 Å². The first-order chi connectivity index (χ1) is 7.60. The normalized spacial score (nSPS) is 11.9. The van der Waals surface area contributed by atoms with Gasteiger partial charge in [-0.25, -0.2) is 0 Å². The van der Waals surface area contributed by atoms with Crippen molar-refractivity contribution in [1.82, 2.24) is 0 Å². The maximum atomic E-state index is 8.98. The number of benzene rings is 1. The van der Waals surface area contributed by atoms with Crippen molar-refractivity contribution < 1.29 is 0 Å². The molecule has 0 radical (unpaired) electrons. The van der Waals surface area contributed by atoms with Crippen molar-refractivity contribution in [2.45, 2.75) is 19.8 Å². The molecular formula is C12H10BrCl2N. The van der Waals surface area contributed by atoms with Gasteiger partial charge in [-0.05, 0) is 40.0 Å². The Hall–Kier alpha value is -0.490. The van der Waals surface area contributed by atoms with Gasteiger partial charge in [-0.3, -0.25) is 0 Å². The zero-order valence-corrected chi connectivity index (χ0v) is 11.8. The minimum Gasteiger partial charge on any atom is -0.193 e. The van der Waals surface area contributed by atoms with Crippen LogP contribution in [0.4, 0.5) is 0 Å². The van der Waals surface area contributed by atoms with E-state index in [0.717, 1.165) is 16.5 Å². The van der Waals surface area contributed by atoms with E-state index >= 15 is 0 Å². The van der Waals surface area contributed by atoms with Crippen molar-refractivity contribution in [1.29, 1.82) is 5.26 Å². The summed E-state index contributed by atoms with van der Waals surface area (Å²) in [6.45, 7) is 2.01. The van der Waals surface area contributed by atoms with E-state index in [1.807, 2.05) is 19.1 Å². The van der Waals surface area contributed by atoms with E-state index < -0.39 is 0 Å². The molecule has 0 aliphatic heterocycles. The lowest BCUT2D eigenvalue weighted by atomic mass is 10.1. The molecule has 0 saturated heterocycles. The Kier molecular flexibility index (Phi) is 5.34. The molecule has 1 aromatic carbocycles. The fourth-order valence-electron chi connectivity index (χ4n) is 1.27. The highest BCUT2D eigenvalue weighted by Crippen LogP contribution is 2.30. The van der Waals surface area contributed by atoms with Gasteiger partial charge >= 0.3 is 0 Å². The number of allylic oxidation sites excluding steroid dienone is 1. The van der Waals surface area contributed by atoms with Crippen LogP contribution in [0.5, 0.6) is 0 Å². The van der Waals surface area contributed by atoms with Crippen molar-refractivity contribution in [2.24, 2.45) is 0 Å². The zero-order chi connectivity index (χ0) is 12.1. The lowest BCUT2D eigenvalue weighted by Crippen LogP contribution is -1.85. The van der Waals surface area contributed by atoms with E-state index in [1.165, 1.54) is 0 Å². The van der Waals surface area contributed by atoms with Gasteiger partial charge < -0.3 is 0 Å². The molecule has 0 N–H and O–H groups in total. The van der Waals surface area contributed by atoms with Crippen molar-refractivity contribution in [3.63, 3.8) is 0 Å². The summed E-state index contributed by atoms with van der Waals surface area (Å²) in [4.78, 5) is 0. The summed E-state index contributed by atoms with van der Waals surface area (Å²) >= 11 is 15.4. The van der Waals surface area contributed by atoms with E-state index in [1.54, 1.807) is 6.07 Å². The molecule has 0 bridgehead atoms. The molecule has 84 valence electrons. The highest BCUT2D eigenvalue weighted by molar-refractivity contribution is 9.10. The van der Waals surface area contributed by atoms with Gasteiger partial charge in [0.25, 0.3) is 0 Å². The summed E-state index contributed by atoms with van der Waals surface area (Å²) in [5, 5.41) is 10.1. The molecule has 4 heteroatoms. The van der Waals surface area contributed by atoms with Crippen LogP contribution in [0.3, 0.4) is 0 Å². The molecule has 0 saturated carbocycles. The molecule has 0 aromatic heterocycles. The quantitative estimate of drug-likeness (QED) is 0.687. The van der Waals surface area contributed by atoms with Crippen LogP contribution < -0.4 is 0 Å². The van der Waals surface area contributed by atoms with Crippen LogP contribution in [0.1, 0.15) is 25.3 Å². The van der Waals surface area contributed by atoms with Gasteiger partial charge in [0.05, 0.1) is 16.1 Å². The predicted molar refractivity (Wildman–Crippen MR) is 72.4 cm³/mol. The maximum Gasteiger partial charge on any atom is 0.0962 e. The fraction of sp³-hybridized carbons (Fsp3) is 0.250. The van der Waals surface area contributed by atoms with Crippen molar-refractivity contribution >= 4 is 44.2 Å². The molecule has 1 rings (SSSR count). The van der Waals surface area contributed by atoms with Crippen LogP contribution in [0.2, 0.25) is 5.02 Å². The molecule has 1 aromatic rings. The molecule has 1 nitrogen and oxygen atoms in total. The first-order valence-electron chi connectivity index (χ1n) is 4.84. The first kappa shape index (κ1) is 13.6. The molecule has 0 aliphatic rings. The van der Waals surface area contributed by atoms with Gasteiger partial charge in [-0.1, -0.05) is 42.6 Å². The second-order valence-corrected chi connectivity index (χ2v) is 4.92. The highest BCUT2D eigenvalue weighted by atomic mass is 79.9. The third kappa shape index (κ3) is 3.25. The number of nitriles is 1. The summed E-state index contributed by atoms with van der Waals surface area (Å²) in [5.74, 6) is 0. The fourth-order valence-corrected chi connectivity index (χ4v) is 2.02. The van der Waals surface area contributed by atoms with Crippen LogP contribution in [-0.4, -0.2) is 0 Å². The lowest BCUT2D eigenvalue weighted by molar-refractivity contribution is 0.933. The van der Waals surface area contributed by atoms with Crippen LogP contribution in [0.25, 0.3) is 5.03 Å². The number of rotatable bonds is 3. The molecular weight excluding hydrogens is 309 g/mol. The average molecular weight is 319 g/mol. The Morgan fingerprint density at radius 1 is 1.50 bits per heavy atom. The van der Waals surface area contributed by atoms with Gasteiger partial charge in [0.2, 0.25) is 0 Å². The standard InChI is InChI=1S/C12H10BrCl2N/c1-2-3-9(7-16)12(15)8-4-5-11(14)10(13)6-8/h4-6H,2-3H2,1H3/b12-9-. The Bertz CT molecular complexity index is 461. The summed E-state index contributed by atoms with van der Waals surface area (Å²) in [6, 6.07) is 7.51. The topological polar surface area (TPSA) is 23.8 Å². The van der Waals surface area contributed by atoms with Crippen molar-refractivity contribution in [2.75, 3.05) is 0 Å². The molecule has 0 spiro atoms. The number of halogens is 3. The Balaban J connectivity index is 3.17. The molecule has 0 unspecified atom stereocenters. The third-order valence-corrected chi connectivity index (χ3v) is 3.73. The van der Waals surface area contributed by atoms with E-state index in [2.05, 4.69) is 22.0 Å². The average Bonchev–Trinajstić information content (AvgIpc) is 2.28. The minimum atomic E-state index is 0.502. The SMILES string of the molecule is CCC/C(C#N)=C(/Cl)c1ccc(Cl)c(Br)c1. The highest BCUT2D eigenvalue weighted by Gasteiger charge is 2.07. The van der Waals surface area contributed by atoms with E-state index in [-0.39, 0.29) is 0 Å². The van der Waals surface area contributed by atoms with Crippen molar-refractivity contribution in [3.05, 3.63) is 38.8 Å². The predicted octanol–water partition coefficient (Wildman–Crippen LogP) is 5.38. The summed E-state index contributed by atoms with van der Waals surface area (Å²) < 4.78 is 0.776. The first-order valence-corrected chi connectivity index (χ1v) is 6.39. The Labute approximate surface area is 114 Å². The smallest absolute Gasteiger partial charge is 0.0962 e. The van der Waals surface area contributed by atoms with Crippen LogP contribution in [0.15, 0.2) is 28.2 Å². The Morgan fingerprint density at radius 3 is 2.69 bits per heavy atom. The van der Waals surface area contributed by atoms with E-state index in [0.29, 0.717) is 22.0 Å². The summed E-state index contributed by atoms with van der Waals surface area (Å²) in [6.07, 6.45) is 1.59. The zero-order valence-electron chi connectivity index (χ0n) is 8.73. The van der Waals surface area contributed by atoms with Gasteiger partial charge in [-0.15, -0.1) is 0 Å². The van der Waals surface area contributed by atoms with Gasteiger partial charge in [0.1, 0.15) is 0 Å². The van der Waals surface area contributed by atoms with Crippen LogP contribution >= 0.6 is 39.1 Å². The van der Waals surface area contributed by atoms with Crippen molar-refractivity contribution in [3.8, 4) is 6.07 Å². The largest absolute Gasteiger partial charge is 0.193 e. The number of hydrogen-bond donors (Lipinski definition) is 0. The second kappa shape index (κ2) is 6.30. The number of nitrogens with zero attached hydrogens (tertiary/aromatic N) is 1. The molecule has 0 aliphatic carbocycles. The lowest BCUT2D eigenvalue weighted by Gasteiger charge is -2.04. The molecule has 0 atom stereocenters. The molecule has 0 heterocycles. The molecule has 0 amide bonds.